The molecule has 6 nitrogen and oxygen atoms in total. The van der Waals surface area contributed by atoms with Gasteiger partial charge in [0.15, 0.2) is 0 Å². The number of urea groups is 1. The Morgan fingerprint density at radius 3 is 2.62 bits per heavy atom. The second kappa shape index (κ2) is 6.05. The van der Waals surface area contributed by atoms with Gasteiger partial charge in [0.1, 0.15) is 0 Å². The zero-order chi connectivity index (χ0) is 16.7. The second-order valence-electron chi connectivity index (χ2n) is 6.60. The van der Waals surface area contributed by atoms with E-state index in [0.717, 1.165) is 15.9 Å². The first-order valence-corrected chi connectivity index (χ1v) is 9.17. The van der Waals surface area contributed by atoms with Crippen molar-refractivity contribution in [1.82, 2.24) is 9.88 Å². The fraction of sp³-hybridized carbons (Fsp3) is 0.471. The van der Waals surface area contributed by atoms with Crippen molar-refractivity contribution in [2.75, 3.05) is 18.4 Å². The van der Waals surface area contributed by atoms with Gasteiger partial charge in [-0.2, -0.15) is 0 Å². The highest BCUT2D eigenvalue weighted by Crippen LogP contribution is 2.43. The highest BCUT2D eigenvalue weighted by atomic mass is 32.1. The first-order valence-electron chi connectivity index (χ1n) is 8.36. The van der Waals surface area contributed by atoms with Crippen LogP contribution in [0.5, 0.6) is 0 Å². The minimum Gasteiger partial charge on any atom is -0.351 e. The number of carbonyl (C=O) groups excluding carboxylic acids is 2. The van der Waals surface area contributed by atoms with Gasteiger partial charge in [-0.3, -0.25) is 4.79 Å². The molecule has 2 aliphatic rings. The lowest BCUT2D eigenvalue weighted by Crippen LogP contribution is -2.43. The Labute approximate surface area is 144 Å². The zero-order valence-electron chi connectivity index (χ0n) is 13.3. The van der Waals surface area contributed by atoms with Crippen molar-refractivity contribution < 1.29 is 9.59 Å². The van der Waals surface area contributed by atoms with E-state index in [9.17, 15) is 9.59 Å². The summed E-state index contributed by atoms with van der Waals surface area (Å²) in [7, 11) is 0. The predicted octanol–water partition coefficient (Wildman–Crippen LogP) is 2.90. The van der Waals surface area contributed by atoms with Gasteiger partial charge in [0, 0.05) is 30.6 Å². The summed E-state index contributed by atoms with van der Waals surface area (Å²) in [6.07, 6.45) is 3.80. The summed E-state index contributed by atoms with van der Waals surface area (Å²) < 4.78 is 1.12. The maximum Gasteiger partial charge on any atom is 0.314 e. The highest BCUT2D eigenvalue weighted by molar-refractivity contribution is 7.18. The zero-order valence-corrected chi connectivity index (χ0v) is 14.1. The molecule has 0 bridgehead atoms. The molecule has 2 fully saturated rings. The monoisotopic (exact) mass is 344 g/mol. The van der Waals surface area contributed by atoms with Gasteiger partial charge in [0.05, 0.1) is 15.2 Å². The van der Waals surface area contributed by atoms with Crippen LogP contribution in [-0.4, -0.2) is 34.9 Å². The van der Waals surface area contributed by atoms with Gasteiger partial charge in [-0.15, -0.1) is 11.3 Å². The quantitative estimate of drug-likeness (QED) is 0.897. The number of thiazole rings is 1. The second-order valence-corrected chi connectivity index (χ2v) is 7.66. The number of piperidine rings is 1. The number of hydrogen-bond acceptors (Lipinski definition) is 4. The van der Waals surface area contributed by atoms with Crippen LogP contribution in [0.4, 0.5) is 10.5 Å². The summed E-state index contributed by atoms with van der Waals surface area (Å²) >= 11 is 1.73. The third kappa shape index (κ3) is 3.08. The summed E-state index contributed by atoms with van der Waals surface area (Å²) in [4.78, 5) is 29.8. The number of nitrogens with two attached hydrogens (primary N) is 1. The fourth-order valence-electron chi connectivity index (χ4n) is 3.13. The maximum absolute atomic E-state index is 12.4. The minimum absolute atomic E-state index is 0.0189. The number of nitrogens with one attached hydrogen (secondary N) is 1. The van der Waals surface area contributed by atoms with Crippen LogP contribution in [-0.2, 0) is 4.79 Å². The Bertz CT molecular complexity index is 791. The maximum atomic E-state index is 12.4. The van der Waals surface area contributed by atoms with Gasteiger partial charge < -0.3 is 16.0 Å². The molecule has 1 aliphatic carbocycles. The fourth-order valence-corrected chi connectivity index (χ4v) is 4.31. The standard InChI is InChI=1S/C17H20N4O2S/c18-17(23)21-7-5-10(6-8-21)15(22)19-12-3-4-13-14(9-12)24-16(20-13)11-1-2-11/h3-4,9-11H,1-2,5-8H2,(H2,18,23)(H,19,22). The van der Waals surface area contributed by atoms with Crippen molar-refractivity contribution in [3.05, 3.63) is 23.2 Å². The van der Waals surface area contributed by atoms with E-state index in [1.54, 1.807) is 16.2 Å². The topological polar surface area (TPSA) is 88.3 Å². The number of anilines is 1. The summed E-state index contributed by atoms with van der Waals surface area (Å²) in [5.74, 6) is 0.598. The number of nitrogens with zero attached hydrogens (tertiary/aromatic N) is 2. The van der Waals surface area contributed by atoms with E-state index in [2.05, 4.69) is 10.3 Å². The van der Waals surface area contributed by atoms with E-state index in [1.807, 2.05) is 18.2 Å². The van der Waals surface area contributed by atoms with Crippen LogP contribution in [0.25, 0.3) is 10.2 Å². The smallest absolute Gasteiger partial charge is 0.314 e. The lowest BCUT2D eigenvalue weighted by molar-refractivity contribution is -0.121. The molecule has 0 spiro atoms. The molecule has 1 aliphatic heterocycles. The number of benzene rings is 1. The van der Waals surface area contributed by atoms with Crippen molar-refractivity contribution >= 4 is 39.2 Å². The van der Waals surface area contributed by atoms with Gasteiger partial charge in [-0.1, -0.05) is 0 Å². The number of rotatable bonds is 3. The van der Waals surface area contributed by atoms with E-state index in [0.29, 0.717) is 31.8 Å². The summed E-state index contributed by atoms with van der Waals surface area (Å²) in [5.41, 5.74) is 7.10. The largest absolute Gasteiger partial charge is 0.351 e. The summed E-state index contributed by atoms with van der Waals surface area (Å²) in [6, 6.07) is 5.49. The van der Waals surface area contributed by atoms with Crippen LogP contribution in [0.15, 0.2) is 18.2 Å². The normalized spacial score (nSPS) is 18.8. The number of likely N-dealkylation sites (tertiary alicyclic amines) is 1. The first kappa shape index (κ1) is 15.4. The molecule has 0 unspecified atom stereocenters. The molecule has 1 aromatic heterocycles. The van der Waals surface area contributed by atoms with E-state index in [-0.39, 0.29) is 11.8 Å². The molecule has 126 valence electrons. The van der Waals surface area contributed by atoms with Crippen molar-refractivity contribution in [2.45, 2.75) is 31.6 Å². The number of fused-ring (bicyclic) bond motifs is 1. The predicted molar refractivity (Wildman–Crippen MR) is 94.1 cm³/mol. The number of carbonyl (C=O) groups is 2. The molecule has 2 heterocycles. The molecular formula is C17H20N4O2S. The van der Waals surface area contributed by atoms with Crippen LogP contribution in [0.2, 0.25) is 0 Å². The van der Waals surface area contributed by atoms with Crippen LogP contribution >= 0.6 is 11.3 Å². The third-order valence-electron chi connectivity index (χ3n) is 4.78. The SMILES string of the molecule is NC(=O)N1CCC(C(=O)Nc2ccc3nc(C4CC4)sc3c2)CC1. The first-order chi connectivity index (χ1) is 11.6. The average molecular weight is 344 g/mol. The van der Waals surface area contributed by atoms with Gasteiger partial charge in [0.2, 0.25) is 5.91 Å². The highest BCUT2D eigenvalue weighted by Gasteiger charge is 2.28. The van der Waals surface area contributed by atoms with Crippen molar-refractivity contribution in [3.63, 3.8) is 0 Å². The Kier molecular flexibility index (Phi) is 3.88. The number of amides is 3. The number of aromatic nitrogens is 1. The molecule has 0 atom stereocenters. The van der Waals surface area contributed by atoms with Crippen LogP contribution in [0.1, 0.15) is 36.6 Å². The van der Waals surface area contributed by atoms with Crippen molar-refractivity contribution in [2.24, 2.45) is 11.7 Å². The number of hydrogen-bond donors (Lipinski definition) is 2. The molecule has 7 heteroatoms. The van der Waals surface area contributed by atoms with Crippen LogP contribution in [0, 0.1) is 5.92 Å². The molecule has 4 rings (SSSR count). The lowest BCUT2D eigenvalue weighted by atomic mass is 9.96. The van der Waals surface area contributed by atoms with Gasteiger partial charge in [0.25, 0.3) is 0 Å². The van der Waals surface area contributed by atoms with E-state index in [1.165, 1.54) is 17.8 Å². The Balaban J connectivity index is 1.42. The molecule has 1 saturated carbocycles. The molecule has 24 heavy (non-hydrogen) atoms. The Morgan fingerprint density at radius 2 is 1.96 bits per heavy atom. The van der Waals surface area contributed by atoms with E-state index in [4.69, 9.17) is 5.73 Å². The van der Waals surface area contributed by atoms with Crippen molar-refractivity contribution in [3.8, 4) is 0 Å². The van der Waals surface area contributed by atoms with Crippen LogP contribution < -0.4 is 11.1 Å². The summed E-state index contributed by atoms with van der Waals surface area (Å²) in [6.45, 7) is 1.10. The Hall–Kier alpha value is -2.15. The molecule has 0 radical (unpaired) electrons. The summed E-state index contributed by atoms with van der Waals surface area (Å²) in [5, 5.41) is 4.22. The third-order valence-corrected chi connectivity index (χ3v) is 5.96. The van der Waals surface area contributed by atoms with E-state index < -0.39 is 6.03 Å². The Morgan fingerprint density at radius 1 is 1.21 bits per heavy atom. The molecule has 1 aromatic carbocycles. The van der Waals surface area contributed by atoms with Crippen molar-refractivity contribution in [1.29, 1.82) is 0 Å². The molecule has 3 N–H and O–H groups in total. The lowest BCUT2D eigenvalue weighted by Gasteiger charge is -2.29. The van der Waals surface area contributed by atoms with Gasteiger partial charge in [-0.25, -0.2) is 9.78 Å². The average Bonchev–Trinajstić information content (AvgIpc) is 3.34. The minimum atomic E-state index is -0.407. The van der Waals surface area contributed by atoms with E-state index >= 15 is 0 Å². The molecule has 3 amide bonds. The molecular weight excluding hydrogens is 324 g/mol. The molecule has 1 saturated heterocycles. The van der Waals surface area contributed by atoms with Gasteiger partial charge >= 0.3 is 6.03 Å². The van der Waals surface area contributed by atoms with Gasteiger partial charge in [-0.05, 0) is 43.9 Å². The molecule has 2 aromatic rings. The number of primary amides is 1. The van der Waals surface area contributed by atoms with Crippen LogP contribution in [0.3, 0.4) is 0 Å².